The van der Waals surface area contributed by atoms with Gasteiger partial charge in [-0.3, -0.25) is 0 Å². The zero-order chi connectivity index (χ0) is 13.7. The summed E-state index contributed by atoms with van der Waals surface area (Å²) in [5.41, 5.74) is 1.03. The quantitative estimate of drug-likeness (QED) is 0.868. The molecule has 0 aliphatic heterocycles. The molecule has 1 atom stereocenters. The van der Waals surface area contributed by atoms with E-state index in [4.69, 9.17) is 9.47 Å². The van der Waals surface area contributed by atoms with E-state index in [0.29, 0.717) is 6.04 Å². The molecule has 1 aromatic carbocycles. The average Bonchev–Trinajstić information content (AvgIpc) is 2.48. The van der Waals surface area contributed by atoms with Gasteiger partial charge in [-0.15, -0.1) is 0 Å². The smallest absolute Gasteiger partial charge is 0.142 e. The molecule has 0 amide bonds. The van der Waals surface area contributed by atoms with Crippen molar-refractivity contribution in [3.63, 3.8) is 0 Å². The van der Waals surface area contributed by atoms with E-state index in [1.807, 2.05) is 18.2 Å². The number of ether oxygens (including phenoxy) is 2. The summed E-state index contributed by atoms with van der Waals surface area (Å²) < 4.78 is 10.7. The van der Waals surface area contributed by atoms with Gasteiger partial charge in [-0.2, -0.15) is 0 Å². The van der Waals surface area contributed by atoms with Gasteiger partial charge in [-0.1, -0.05) is 19.3 Å². The summed E-state index contributed by atoms with van der Waals surface area (Å²) >= 11 is 0. The first-order valence-electron chi connectivity index (χ1n) is 7.23. The van der Waals surface area contributed by atoms with Crippen molar-refractivity contribution in [2.45, 2.75) is 45.1 Å². The van der Waals surface area contributed by atoms with E-state index in [2.05, 4.69) is 12.2 Å². The van der Waals surface area contributed by atoms with Gasteiger partial charge in [-0.05, 0) is 37.8 Å². The number of nitrogens with one attached hydrogen (secondary N) is 1. The lowest BCUT2D eigenvalue weighted by atomic mass is 9.84. The molecule has 0 radical (unpaired) electrons. The predicted octanol–water partition coefficient (Wildman–Crippen LogP) is 4.08. The van der Waals surface area contributed by atoms with Crippen LogP contribution in [0.25, 0.3) is 0 Å². The molecule has 1 aliphatic rings. The summed E-state index contributed by atoms with van der Waals surface area (Å²) in [4.78, 5) is 0. The molecular weight excluding hydrogens is 238 g/mol. The Morgan fingerprint density at radius 1 is 1.11 bits per heavy atom. The third-order valence-corrected chi connectivity index (χ3v) is 4.15. The van der Waals surface area contributed by atoms with Crippen LogP contribution in [0.1, 0.15) is 39.0 Å². The number of anilines is 1. The molecule has 0 saturated heterocycles. The first kappa shape index (κ1) is 14.0. The summed E-state index contributed by atoms with van der Waals surface area (Å²) in [6.07, 6.45) is 6.80. The van der Waals surface area contributed by atoms with Gasteiger partial charge in [0.2, 0.25) is 0 Å². The maximum absolute atomic E-state index is 5.41. The van der Waals surface area contributed by atoms with Crippen LogP contribution < -0.4 is 14.8 Å². The van der Waals surface area contributed by atoms with Crippen LogP contribution in [-0.2, 0) is 0 Å². The van der Waals surface area contributed by atoms with Gasteiger partial charge in [0.25, 0.3) is 0 Å². The Morgan fingerprint density at radius 3 is 2.47 bits per heavy atom. The molecule has 2 rings (SSSR count). The molecule has 1 unspecified atom stereocenters. The minimum atomic E-state index is 0.473. The molecule has 0 aromatic heterocycles. The lowest BCUT2D eigenvalue weighted by Crippen LogP contribution is -2.27. The molecule has 3 nitrogen and oxygen atoms in total. The zero-order valence-electron chi connectivity index (χ0n) is 12.2. The van der Waals surface area contributed by atoms with Crippen LogP contribution in [-0.4, -0.2) is 20.3 Å². The second kappa shape index (κ2) is 6.69. The summed E-state index contributed by atoms with van der Waals surface area (Å²) in [5, 5.41) is 3.60. The van der Waals surface area contributed by atoms with Crippen LogP contribution in [0.4, 0.5) is 5.69 Å². The molecular formula is C16H25NO2. The fourth-order valence-corrected chi connectivity index (χ4v) is 2.92. The molecule has 1 aromatic rings. The summed E-state index contributed by atoms with van der Waals surface area (Å²) in [5.74, 6) is 2.51. The van der Waals surface area contributed by atoms with Crippen LogP contribution >= 0.6 is 0 Å². The first-order chi connectivity index (χ1) is 9.24. The van der Waals surface area contributed by atoms with Crippen molar-refractivity contribution in [3.8, 4) is 11.5 Å². The molecule has 1 saturated carbocycles. The van der Waals surface area contributed by atoms with Crippen molar-refractivity contribution < 1.29 is 9.47 Å². The van der Waals surface area contributed by atoms with E-state index in [0.717, 1.165) is 23.1 Å². The highest BCUT2D eigenvalue weighted by molar-refractivity contribution is 5.60. The van der Waals surface area contributed by atoms with Gasteiger partial charge < -0.3 is 14.8 Å². The lowest BCUT2D eigenvalue weighted by Gasteiger charge is -2.29. The topological polar surface area (TPSA) is 30.5 Å². The van der Waals surface area contributed by atoms with E-state index in [1.54, 1.807) is 14.2 Å². The van der Waals surface area contributed by atoms with Gasteiger partial charge in [0.05, 0.1) is 19.9 Å². The monoisotopic (exact) mass is 263 g/mol. The molecule has 3 heteroatoms. The highest BCUT2D eigenvalue weighted by atomic mass is 16.5. The first-order valence-corrected chi connectivity index (χ1v) is 7.23. The average molecular weight is 263 g/mol. The van der Waals surface area contributed by atoms with Gasteiger partial charge in [-0.25, -0.2) is 0 Å². The molecule has 1 aliphatic carbocycles. The van der Waals surface area contributed by atoms with Crippen LogP contribution in [0.15, 0.2) is 18.2 Å². The Morgan fingerprint density at radius 2 is 1.84 bits per heavy atom. The highest BCUT2D eigenvalue weighted by Crippen LogP contribution is 2.33. The standard InChI is InChI=1S/C16H25NO2/c1-12(13-7-5-4-6-8-13)17-15-11-14(18-2)9-10-16(15)19-3/h9-13,17H,4-8H2,1-3H3. The summed E-state index contributed by atoms with van der Waals surface area (Å²) in [6.45, 7) is 2.27. The van der Waals surface area contributed by atoms with Crippen LogP contribution in [0, 0.1) is 5.92 Å². The van der Waals surface area contributed by atoms with Gasteiger partial charge in [0.1, 0.15) is 11.5 Å². The SMILES string of the molecule is COc1ccc(OC)c(NC(C)C2CCCCC2)c1. The number of hydrogen-bond acceptors (Lipinski definition) is 3. The van der Waals surface area contributed by atoms with Crippen LogP contribution in [0.2, 0.25) is 0 Å². The molecule has 19 heavy (non-hydrogen) atoms. The molecule has 0 heterocycles. The second-order valence-electron chi connectivity index (χ2n) is 5.40. The van der Waals surface area contributed by atoms with E-state index >= 15 is 0 Å². The van der Waals surface area contributed by atoms with Gasteiger partial charge in [0.15, 0.2) is 0 Å². The van der Waals surface area contributed by atoms with E-state index in [1.165, 1.54) is 32.1 Å². The minimum absolute atomic E-state index is 0.473. The number of hydrogen-bond donors (Lipinski definition) is 1. The van der Waals surface area contributed by atoms with Crippen LogP contribution in [0.5, 0.6) is 11.5 Å². The molecule has 0 bridgehead atoms. The second-order valence-corrected chi connectivity index (χ2v) is 5.40. The Bertz CT molecular complexity index is 400. The van der Waals surface area contributed by atoms with E-state index in [9.17, 15) is 0 Å². The van der Waals surface area contributed by atoms with Crippen molar-refractivity contribution in [2.24, 2.45) is 5.92 Å². The minimum Gasteiger partial charge on any atom is -0.497 e. The van der Waals surface area contributed by atoms with Gasteiger partial charge >= 0.3 is 0 Å². The third kappa shape index (κ3) is 3.55. The lowest BCUT2D eigenvalue weighted by molar-refractivity contribution is 0.327. The van der Waals surface area contributed by atoms with Crippen molar-refractivity contribution in [1.82, 2.24) is 0 Å². The molecule has 1 N–H and O–H groups in total. The summed E-state index contributed by atoms with van der Waals surface area (Å²) in [7, 11) is 3.40. The number of rotatable bonds is 5. The Labute approximate surface area is 116 Å². The predicted molar refractivity (Wildman–Crippen MR) is 79.2 cm³/mol. The Balaban J connectivity index is 2.07. The van der Waals surface area contributed by atoms with E-state index in [-0.39, 0.29) is 0 Å². The summed E-state index contributed by atoms with van der Waals surface area (Å²) in [6, 6.07) is 6.36. The normalized spacial score (nSPS) is 17.8. The maximum atomic E-state index is 5.41. The third-order valence-electron chi connectivity index (χ3n) is 4.15. The fourth-order valence-electron chi connectivity index (χ4n) is 2.92. The number of methoxy groups -OCH3 is 2. The van der Waals surface area contributed by atoms with Crippen LogP contribution in [0.3, 0.4) is 0 Å². The largest absolute Gasteiger partial charge is 0.497 e. The van der Waals surface area contributed by atoms with Crippen molar-refractivity contribution in [3.05, 3.63) is 18.2 Å². The van der Waals surface area contributed by atoms with Crippen molar-refractivity contribution in [2.75, 3.05) is 19.5 Å². The molecule has 0 spiro atoms. The molecule has 1 fully saturated rings. The zero-order valence-corrected chi connectivity index (χ0v) is 12.2. The van der Waals surface area contributed by atoms with Crippen molar-refractivity contribution >= 4 is 5.69 Å². The fraction of sp³-hybridized carbons (Fsp3) is 0.625. The van der Waals surface area contributed by atoms with E-state index < -0.39 is 0 Å². The van der Waals surface area contributed by atoms with Gasteiger partial charge in [0, 0.05) is 12.1 Å². The van der Waals surface area contributed by atoms with Crippen molar-refractivity contribution in [1.29, 1.82) is 0 Å². The molecule has 106 valence electrons. The maximum Gasteiger partial charge on any atom is 0.142 e. The highest BCUT2D eigenvalue weighted by Gasteiger charge is 2.20. The number of benzene rings is 1. The Kier molecular flexibility index (Phi) is 4.94. The Hall–Kier alpha value is -1.38.